The maximum absolute atomic E-state index is 12.7. The molecule has 1 aliphatic rings. The highest BCUT2D eigenvalue weighted by Gasteiger charge is 2.32. The Morgan fingerprint density at radius 2 is 2.12 bits per heavy atom. The van der Waals surface area contributed by atoms with E-state index < -0.39 is 6.10 Å². The summed E-state index contributed by atoms with van der Waals surface area (Å²) in [5, 5.41) is 13.3. The number of carbonyl (C=O) groups excluding carboxylic acids is 1. The third-order valence-corrected chi connectivity index (χ3v) is 4.74. The molecule has 126 valence electrons. The van der Waals surface area contributed by atoms with E-state index in [4.69, 9.17) is 0 Å². The topological polar surface area (TPSA) is 67.2 Å². The zero-order chi connectivity index (χ0) is 17.4. The Morgan fingerprint density at radius 3 is 2.92 bits per heavy atom. The standard InChI is InChI=1S/C20H19N3O2/c1-13-6-7-15(10-17(13)23-9-8-21-12-23)20(25)22-19-16-5-3-2-4-14(16)11-18(19)24/h2-10,12,18-19,24H,11H2,1H3,(H,22,25)/t18-,19+/m0/s1. The van der Waals surface area contributed by atoms with Gasteiger partial charge in [0.1, 0.15) is 0 Å². The summed E-state index contributed by atoms with van der Waals surface area (Å²) in [6, 6.07) is 13.0. The van der Waals surface area contributed by atoms with Crippen molar-refractivity contribution in [1.29, 1.82) is 0 Å². The maximum atomic E-state index is 12.7. The summed E-state index contributed by atoms with van der Waals surface area (Å²) in [6.07, 6.45) is 5.23. The van der Waals surface area contributed by atoms with E-state index in [2.05, 4.69) is 10.3 Å². The van der Waals surface area contributed by atoms with E-state index in [0.717, 1.165) is 22.4 Å². The number of aryl methyl sites for hydroxylation is 1. The van der Waals surface area contributed by atoms with Gasteiger partial charge in [0, 0.05) is 24.4 Å². The predicted octanol–water partition coefficient (Wildman–Crippen LogP) is 2.57. The summed E-state index contributed by atoms with van der Waals surface area (Å²) < 4.78 is 1.88. The normalized spacial score (nSPS) is 18.8. The average Bonchev–Trinajstić information content (AvgIpc) is 3.24. The number of aliphatic hydroxyl groups excluding tert-OH is 1. The molecule has 1 heterocycles. The summed E-state index contributed by atoms with van der Waals surface area (Å²) in [7, 11) is 0. The monoisotopic (exact) mass is 333 g/mol. The minimum absolute atomic E-state index is 0.192. The predicted molar refractivity (Wildman–Crippen MR) is 94.7 cm³/mol. The molecule has 0 aliphatic heterocycles. The maximum Gasteiger partial charge on any atom is 0.251 e. The quantitative estimate of drug-likeness (QED) is 0.774. The van der Waals surface area contributed by atoms with E-state index in [1.165, 1.54) is 0 Å². The molecular weight excluding hydrogens is 314 g/mol. The van der Waals surface area contributed by atoms with E-state index in [0.29, 0.717) is 12.0 Å². The Labute approximate surface area is 146 Å². The van der Waals surface area contributed by atoms with Gasteiger partial charge in [-0.25, -0.2) is 4.98 Å². The van der Waals surface area contributed by atoms with Crippen molar-refractivity contribution in [3.63, 3.8) is 0 Å². The molecule has 2 N–H and O–H groups in total. The Bertz CT molecular complexity index is 918. The van der Waals surface area contributed by atoms with Crippen molar-refractivity contribution < 1.29 is 9.90 Å². The van der Waals surface area contributed by atoms with Crippen LogP contribution in [0.25, 0.3) is 5.69 Å². The number of aliphatic hydroxyl groups is 1. The van der Waals surface area contributed by atoms with E-state index in [-0.39, 0.29) is 11.9 Å². The third-order valence-electron chi connectivity index (χ3n) is 4.74. The van der Waals surface area contributed by atoms with Gasteiger partial charge in [-0.1, -0.05) is 30.3 Å². The lowest BCUT2D eigenvalue weighted by Crippen LogP contribution is -2.33. The first-order valence-corrected chi connectivity index (χ1v) is 8.29. The molecule has 4 rings (SSSR count). The fourth-order valence-electron chi connectivity index (χ4n) is 3.40. The van der Waals surface area contributed by atoms with Crippen LogP contribution in [0.3, 0.4) is 0 Å². The van der Waals surface area contributed by atoms with Crippen LogP contribution in [0.2, 0.25) is 0 Å². The van der Waals surface area contributed by atoms with E-state index >= 15 is 0 Å². The van der Waals surface area contributed by atoms with Crippen molar-refractivity contribution in [2.45, 2.75) is 25.5 Å². The molecule has 3 aromatic rings. The van der Waals surface area contributed by atoms with Gasteiger partial charge in [-0.05, 0) is 35.7 Å². The van der Waals surface area contributed by atoms with Gasteiger partial charge in [0.2, 0.25) is 0 Å². The Morgan fingerprint density at radius 1 is 1.28 bits per heavy atom. The van der Waals surface area contributed by atoms with E-state index in [1.807, 2.05) is 54.1 Å². The van der Waals surface area contributed by atoms with Gasteiger partial charge >= 0.3 is 0 Å². The van der Waals surface area contributed by atoms with Crippen molar-refractivity contribution in [1.82, 2.24) is 14.9 Å². The molecule has 0 fully saturated rings. The summed E-state index contributed by atoms with van der Waals surface area (Å²) in [5.41, 5.74) is 4.61. The molecule has 0 spiro atoms. The summed E-state index contributed by atoms with van der Waals surface area (Å²) in [4.78, 5) is 16.8. The second-order valence-corrected chi connectivity index (χ2v) is 6.39. The van der Waals surface area contributed by atoms with Crippen LogP contribution in [0.15, 0.2) is 61.2 Å². The van der Waals surface area contributed by atoms with Crippen LogP contribution in [0.5, 0.6) is 0 Å². The second-order valence-electron chi connectivity index (χ2n) is 6.39. The van der Waals surface area contributed by atoms with Gasteiger partial charge in [0.05, 0.1) is 24.2 Å². The van der Waals surface area contributed by atoms with Crippen molar-refractivity contribution in [2.75, 3.05) is 0 Å². The smallest absolute Gasteiger partial charge is 0.251 e. The summed E-state index contributed by atoms with van der Waals surface area (Å²) >= 11 is 0. The lowest BCUT2D eigenvalue weighted by Gasteiger charge is -2.18. The molecule has 1 aliphatic carbocycles. The minimum atomic E-state index is -0.597. The molecule has 1 amide bonds. The SMILES string of the molecule is Cc1ccc(C(=O)N[C@@H]2c3ccccc3C[C@@H]2O)cc1-n1ccnc1. The first-order valence-electron chi connectivity index (χ1n) is 8.29. The molecule has 1 aromatic heterocycles. The third kappa shape index (κ3) is 2.83. The van der Waals surface area contributed by atoms with Gasteiger partial charge in [-0.15, -0.1) is 0 Å². The number of hydrogen-bond donors (Lipinski definition) is 2. The first-order chi connectivity index (χ1) is 12.1. The first kappa shape index (κ1) is 15.6. The van der Waals surface area contributed by atoms with Gasteiger partial charge in [-0.2, -0.15) is 0 Å². The van der Waals surface area contributed by atoms with E-state index in [9.17, 15) is 9.90 Å². The summed E-state index contributed by atoms with van der Waals surface area (Å²) in [6.45, 7) is 1.99. The van der Waals surface area contributed by atoms with Crippen molar-refractivity contribution in [2.24, 2.45) is 0 Å². The number of benzene rings is 2. The number of nitrogens with one attached hydrogen (secondary N) is 1. The fourth-order valence-corrected chi connectivity index (χ4v) is 3.40. The number of imidazole rings is 1. The van der Waals surface area contributed by atoms with Crippen LogP contribution in [-0.4, -0.2) is 26.7 Å². The Kier molecular flexibility index (Phi) is 3.86. The number of amides is 1. The highest BCUT2D eigenvalue weighted by Crippen LogP contribution is 2.31. The molecule has 5 nitrogen and oxygen atoms in total. The second kappa shape index (κ2) is 6.18. The van der Waals surface area contributed by atoms with Crippen LogP contribution in [-0.2, 0) is 6.42 Å². The van der Waals surface area contributed by atoms with Crippen molar-refractivity contribution >= 4 is 5.91 Å². The molecule has 2 atom stereocenters. The van der Waals surface area contributed by atoms with Gasteiger partial charge in [0.15, 0.2) is 0 Å². The molecule has 25 heavy (non-hydrogen) atoms. The molecule has 0 saturated carbocycles. The van der Waals surface area contributed by atoms with Gasteiger partial charge < -0.3 is 15.0 Å². The Balaban J connectivity index is 1.61. The highest BCUT2D eigenvalue weighted by atomic mass is 16.3. The van der Waals surface area contributed by atoms with Crippen LogP contribution in [0, 0.1) is 6.92 Å². The number of hydrogen-bond acceptors (Lipinski definition) is 3. The van der Waals surface area contributed by atoms with Crippen LogP contribution in [0.1, 0.15) is 33.1 Å². The molecule has 0 bridgehead atoms. The number of rotatable bonds is 3. The van der Waals surface area contributed by atoms with Gasteiger partial charge in [0.25, 0.3) is 5.91 Å². The van der Waals surface area contributed by atoms with Crippen LogP contribution < -0.4 is 5.32 Å². The fraction of sp³-hybridized carbons (Fsp3) is 0.200. The number of nitrogens with zero attached hydrogens (tertiary/aromatic N) is 2. The number of aromatic nitrogens is 2. The molecule has 5 heteroatoms. The molecular formula is C20H19N3O2. The Hall–Kier alpha value is -2.92. The molecule has 2 aromatic carbocycles. The number of carbonyl (C=O) groups is 1. The lowest BCUT2D eigenvalue weighted by atomic mass is 10.1. The van der Waals surface area contributed by atoms with Gasteiger partial charge in [-0.3, -0.25) is 4.79 Å². The zero-order valence-electron chi connectivity index (χ0n) is 13.9. The number of fused-ring (bicyclic) bond motifs is 1. The van der Waals surface area contributed by atoms with Crippen LogP contribution >= 0.6 is 0 Å². The average molecular weight is 333 g/mol. The molecule has 0 saturated heterocycles. The highest BCUT2D eigenvalue weighted by molar-refractivity contribution is 5.95. The zero-order valence-corrected chi connectivity index (χ0v) is 13.9. The van der Waals surface area contributed by atoms with Crippen LogP contribution in [0.4, 0.5) is 0 Å². The molecule has 0 unspecified atom stereocenters. The molecule has 0 radical (unpaired) electrons. The lowest BCUT2D eigenvalue weighted by molar-refractivity contribution is 0.0858. The largest absolute Gasteiger partial charge is 0.390 e. The van der Waals surface area contributed by atoms with Crippen molar-refractivity contribution in [3.8, 4) is 5.69 Å². The minimum Gasteiger partial charge on any atom is -0.390 e. The summed E-state index contributed by atoms with van der Waals surface area (Å²) in [5.74, 6) is -0.192. The van der Waals surface area contributed by atoms with E-state index in [1.54, 1.807) is 18.6 Å². The van der Waals surface area contributed by atoms with Crippen molar-refractivity contribution in [3.05, 3.63) is 83.4 Å².